The highest BCUT2D eigenvalue weighted by Crippen LogP contribution is 2.66. The molecule has 8 saturated carbocycles. The average Bonchev–Trinajstić information content (AvgIpc) is 2.87. The number of halogens is 4. The van der Waals surface area contributed by atoms with Gasteiger partial charge in [0.15, 0.2) is 5.75 Å². The zero-order valence-corrected chi connectivity index (χ0v) is 25.6. The molecule has 0 heterocycles. The third kappa shape index (κ3) is 3.99. The van der Waals surface area contributed by atoms with E-state index in [0.29, 0.717) is 46.6 Å². The summed E-state index contributed by atoms with van der Waals surface area (Å²) >= 11 is 3.51. The van der Waals surface area contributed by atoms with Crippen LogP contribution in [0.5, 0.6) is 11.5 Å². The monoisotopic (exact) mass is 652 g/mol. The summed E-state index contributed by atoms with van der Waals surface area (Å²) in [5.41, 5.74) is -3.31. The first-order valence-corrected chi connectivity index (χ1v) is 17.4. The lowest BCUT2D eigenvalue weighted by atomic mass is 9.46. The number of benzene rings is 2. The topological polar surface area (TPSA) is 52.6 Å². The second kappa shape index (κ2) is 8.80. The van der Waals surface area contributed by atoms with Crippen LogP contribution in [0, 0.1) is 35.5 Å². The Morgan fingerprint density at radius 1 is 0.756 bits per heavy atom. The van der Waals surface area contributed by atoms with Crippen LogP contribution in [0.25, 0.3) is 10.8 Å². The van der Waals surface area contributed by atoms with Gasteiger partial charge in [-0.1, -0.05) is 6.07 Å². The van der Waals surface area contributed by atoms with Gasteiger partial charge in [0.1, 0.15) is 5.75 Å². The van der Waals surface area contributed by atoms with Gasteiger partial charge in [0.2, 0.25) is 0 Å². The molecule has 8 bridgehead atoms. The zero-order chi connectivity index (χ0) is 28.5. The largest absolute Gasteiger partial charge is 0.534 e. The van der Waals surface area contributed by atoms with E-state index in [4.69, 9.17) is 8.92 Å². The number of hydrogen-bond donors (Lipinski definition) is 0. The van der Waals surface area contributed by atoms with Gasteiger partial charge in [-0.25, -0.2) is 0 Å². The van der Waals surface area contributed by atoms with Crippen LogP contribution < -0.4 is 8.92 Å². The summed E-state index contributed by atoms with van der Waals surface area (Å²) in [5, 5.41) is 1.28. The van der Waals surface area contributed by atoms with Crippen molar-refractivity contribution >= 4 is 36.8 Å². The van der Waals surface area contributed by atoms with E-state index in [-0.39, 0.29) is 21.1 Å². The number of ether oxygens (including phenoxy) is 1. The van der Waals surface area contributed by atoms with Gasteiger partial charge < -0.3 is 8.92 Å². The van der Waals surface area contributed by atoms with E-state index < -0.39 is 15.6 Å². The summed E-state index contributed by atoms with van der Waals surface area (Å²) in [4.78, 5) is 0. The Balaban J connectivity index is 1.42. The summed E-state index contributed by atoms with van der Waals surface area (Å²) in [6, 6.07) is 5.92. The van der Waals surface area contributed by atoms with Crippen molar-refractivity contribution in [1.29, 1.82) is 0 Å². The van der Waals surface area contributed by atoms with E-state index in [9.17, 15) is 21.6 Å². The number of rotatable bonds is 5. The van der Waals surface area contributed by atoms with Gasteiger partial charge in [0, 0.05) is 0 Å². The third-order valence-corrected chi connectivity index (χ3v) is 13.6. The van der Waals surface area contributed by atoms with Crippen molar-refractivity contribution in [2.24, 2.45) is 35.5 Å². The molecule has 41 heavy (non-hydrogen) atoms. The first kappa shape index (κ1) is 27.1. The molecule has 8 aliphatic carbocycles. The fraction of sp³-hybridized carbons (Fsp3) is 0.688. The van der Waals surface area contributed by atoms with Crippen LogP contribution in [0.1, 0.15) is 88.2 Å². The van der Waals surface area contributed by atoms with Crippen LogP contribution in [0.4, 0.5) is 13.2 Å². The third-order valence-electron chi connectivity index (χ3n) is 12.1. The molecule has 0 saturated heterocycles. The molecule has 2 aromatic carbocycles. The minimum Gasteiger partial charge on any atom is -0.496 e. The van der Waals surface area contributed by atoms with E-state index in [1.54, 1.807) is 0 Å². The molecule has 0 atom stereocenters. The minimum absolute atomic E-state index is 0.0513. The van der Waals surface area contributed by atoms with E-state index in [0.717, 1.165) is 43.9 Å². The average molecular weight is 654 g/mol. The lowest BCUT2D eigenvalue weighted by Crippen LogP contribution is -2.50. The van der Waals surface area contributed by atoms with Crippen LogP contribution >= 0.6 is 15.9 Å². The number of fused-ring (bicyclic) bond motifs is 1. The number of alkyl halides is 3. The van der Waals surface area contributed by atoms with Gasteiger partial charge in [-0.2, -0.15) is 21.6 Å². The Labute approximate surface area is 248 Å². The van der Waals surface area contributed by atoms with Gasteiger partial charge in [-0.15, -0.1) is 0 Å². The van der Waals surface area contributed by atoms with Crippen molar-refractivity contribution in [3.63, 3.8) is 0 Å². The SMILES string of the molecule is COc1ccc(C23CC4CC(CC(C4)C2)C3)c2c(C34CC5CC(CC(C5)C3)C4)cc(Br)c(OS(=O)(=O)C(F)(F)F)c12. The van der Waals surface area contributed by atoms with Gasteiger partial charge >= 0.3 is 15.6 Å². The second-order valence-corrected chi connectivity index (χ2v) is 17.1. The molecule has 222 valence electrons. The first-order chi connectivity index (χ1) is 19.4. The molecule has 8 fully saturated rings. The normalized spacial score (nSPS) is 39.0. The lowest BCUT2D eigenvalue weighted by molar-refractivity contribution is -0.0499. The lowest BCUT2D eigenvalue weighted by Gasteiger charge is -2.59. The van der Waals surface area contributed by atoms with Crippen LogP contribution in [-0.2, 0) is 20.9 Å². The Hall–Kier alpha value is -1.48. The molecule has 0 radical (unpaired) electrons. The molecule has 0 unspecified atom stereocenters. The van der Waals surface area contributed by atoms with Crippen molar-refractivity contribution < 1.29 is 30.5 Å². The maximum absolute atomic E-state index is 13.6. The quantitative estimate of drug-likeness (QED) is 0.239. The first-order valence-electron chi connectivity index (χ1n) is 15.2. The van der Waals surface area contributed by atoms with E-state index >= 15 is 0 Å². The smallest absolute Gasteiger partial charge is 0.496 e. The highest BCUT2D eigenvalue weighted by Gasteiger charge is 2.56. The molecule has 8 aliphatic rings. The second-order valence-electron chi connectivity index (χ2n) is 14.7. The Bertz CT molecular complexity index is 1480. The fourth-order valence-corrected chi connectivity index (χ4v) is 12.7. The van der Waals surface area contributed by atoms with Crippen molar-refractivity contribution in [3.8, 4) is 11.5 Å². The molecule has 4 nitrogen and oxygen atoms in total. The van der Waals surface area contributed by atoms with E-state index in [1.807, 2.05) is 12.1 Å². The van der Waals surface area contributed by atoms with Gasteiger partial charge in [-0.05, 0) is 168 Å². The predicted octanol–water partition coefficient (Wildman–Crippen LogP) is 8.77. The maximum Gasteiger partial charge on any atom is 0.534 e. The summed E-state index contributed by atoms with van der Waals surface area (Å²) in [7, 11) is -4.40. The standard InChI is InChI=1S/C32H36BrF3O4S/c1-39-26-3-2-23(30-11-17-4-18(12-30)6-19(5-17)13-30)27-24(31-14-20-7-21(15-31)9-22(8-20)16-31)10-25(33)29(28(26)27)40-41(37,38)32(34,35)36/h2-3,10,17-22H,4-9,11-16H2,1H3. The van der Waals surface area contributed by atoms with Crippen LogP contribution in [0.2, 0.25) is 0 Å². The predicted molar refractivity (Wildman–Crippen MR) is 154 cm³/mol. The Morgan fingerprint density at radius 2 is 1.20 bits per heavy atom. The molecule has 10 rings (SSSR count). The Morgan fingerprint density at radius 3 is 1.61 bits per heavy atom. The van der Waals surface area contributed by atoms with Gasteiger partial charge in [-0.3, -0.25) is 0 Å². The van der Waals surface area contributed by atoms with E-state index in [1.165, 1.54) is 56.8 Å². The molecule has 0 spiro atoms. The summed E-state index contributed by atoms with van der Waals surface area (Å²) < 4.78 is 76.8. The molecule has 0 aromatic heterocycles. The summed E-state index contributed by atoms with van der Waals surface area (Å²) in [6.45, 7) is 0. The molecule has 0 aliphatic heterocycles. The van der Waals surface area contributed by atoms with Crippen LogP contribution in [0.3, 0.4) is 0 Å². The maximum atomic E-state index is 13.6. The van der Waals surface area contributed by atoms with Gasteiger partial charge in [0.25, 0.3) is 0 Å². The van der Waals surface area contributed by atoms with Crippen molar-refractivity contribution in [1.82, 2.24) is 0 Å². The number of hydrogen-bond acceptors (Lipinski definition) is 4. The van der Waals surface area contributed by atoms with Crippen molar-refractivity contribution in [3.05, 3.63) is 33.8 Å². The minimum atomic E-state index is -5.89. The van der Waals surface area contributed by atoms with Crippen LogP contribution in [0.15, 0.2) is 22.7 Å². The van der Waals surface area contributed by atoms with Crippen molar-refractivity contribution in [2.45, 2.75) is 93.4 Å². The van der Waals surface area contributed by atoms with Crippen molar-refractivity contribution in [2.75, 3.05) is 7.11 Å². The van der Waals surface area contributed by atoms with E-state index in [2.05, 4.69) is 22.0 Å². The highest BCUT2D eigenvalue weighted by atomic mass is 79.9. The molecular formula is C32H36BrF3O4S. The molecular weight excluding hydrogens is 617 g/mol. The fourth-order valence-electron chi connectivity index (χ4n) is 11.6. The molecule has 9 heteroatoms. The highest BCUT2D eigenvalue weighted by molar-refractivity contribution is 9.10. The summed E-state index contributed by atoms with van der Waals surface area (Å²) in [6.07, 6.45) is 14.2. The zero-order valence-electron chi connectivity index (χ0n) is 23.2. The molecule has 2 aromatic rings. The molecule has 0 N–H and O–H groups in total. The van der Waals surface area contributed by atoms with Gasteiger partial charge in [0.05, 0.1) is 17.0 Å². The van der Waals surface area contributed by atoms with Crippen LogP contribution in [-0.4, -0.2) is 21.0 Å². The Kier molecular flexibility index (Phi) is 5.81. The molecule has 0 amide bonds. The number of methoxy groups -OCH3 is 1. The summed E-state index contributed by atoms with van der Waals surface area (Å²) in [5.74, 6) is 4.09.